The molecule has 21 heavy (non-hydrogen) atoms. The lowest BCUT2D eigenvalue weighted by Gasteiger charge is -2.15. The largest absolute Gasteiger partial charge is 0.478 e. The molecule has 0 saturated heterocycles. The van der Waals surface area contributed by atoms with Crippen LogP contribution in [0.15, 0.2) is 54.6 Å². The van der Waals surface area contributed by atoms with E-state index in [1.165, 1.54) is 0 Å². The maximum Gasteiger partial charge on any atom is 0.345 e. The fourth-order valence-corrected chi connectivity index (χ4v) is 2.13. The average molecular weight is 284 g/mol. The molecule has 108 valence electrons. The first-order valence-electron chi connectivity index (χ1n) is 6.95. The molecule has 1 saturated carbocycles. The molecule has 0 aromatic heterocycles. The molecule has 0 bridgehead atoms. The second-order valence-electron chi connectivity index (χ2n) is 5.10. The van der Waals surface area contributed by atoms with Gasteiger partial charge in [0.05, 0.1) is 0 Å². The van der Waals surface area contributed by atoms with E-state index in [2.05, 4.69) is 0 Å². The summed E-state index contributed by atoms with van der Waals surface area (Å²) in [5, 5.41) is 9.19. The van der Waals surface area contributed by atoms with Crippen molar-refractivity contribution >= 4 is 5.97 Å². The van der Waals surface area contributed by atoms with Gasteiger partial charge < -0.3 is 14.6 Å². The Kier molecular flexibility index (Phi) is 3.77. The van der Waals surface area contributed by atoms with Gasteiger partial charge in [-0.3, -0.25) is 0 Å². The number of ether oxygens (including phenoxy) is 2. The van der Waals surface area contributed by atoms with Crippen molar-refractivity contribution in [1.82, 2.24) is 0 Å². The summed E-state index contributed by atoms with van der Waals surface area (Å²) in [7, 11) is 0. The molecule has 0 aliphatic heterocycles. The maximum atomic E-state index is 11.2. The number of aliphatic carboxylic acids is 1. The van der Waals surface area contributed by atoms with Gasteiger partial charge in [-0.1, -0.05) is 24.3 Å². The second kappa shape index (κ2) is 5.87. The molecule has 1 aliphatic rings. The van der Waals surface area contributed by atoms with Gasteiger partial charge in [0, 0.05) is 12.0 Å². The van der Waals surface area contributed by atoms with Gasteiger partial charge in [-0.25, -0.2) is 4.79 Å². The molecule has 0 amide bonds. The summed E-state index contributed by atoms with van der Waals surface area (Å²) < 4.78 is 11.3. The summed E-state index contributed by atoms with van der Waals surface area (Å²) >= 11 is 0. The van der Waals surface area contributed by atoms with Gasteiger partial charge in [0.15, 0.2) is 6.10 Å². The highest BCUT2D eigenvalue weighted by molar-refractivity contribution is 5.73. The number of carboxylic acid groups (broad SMARTS) is 1. The van der Waals surface area contributed by atoms with E-state index in [9.17, 15) is 9.90 Å². The van der Waals surface area contributed by atoms with Crippen LogP contribution in [0.3, 0.4) is 0 Å². The number of benzene rings is 2. The van der Waals surface area contributed by atoms with Gasteiger partial charge in [-0.05, 0) is 37.1 Å². The van der Waals surface area contributed by atoms with Gasteiger partial charge in [-0.15, -0.1) is 0 Å². The summed E-state index contributed by atoms with van der Waals surface area (Å²) in [5.74, 6) is 1.08. The first-order chi connectivity index (χ1) is 10.2. The van der Waals surface area contributed by atoms with E-state index in [0.717, 1.165) is 18.6 Å². The van der Waals surface area contributed by atoms with Crippen LogP contribution in [-0.4, -0.2) is 17.2 Å². The van der Waals surface area contributed by atoms with Crippen molar-refractivity contribution in [2.45, 2.75) is 18.9 Å². The molecule has 1 unspecified atom stereocenters. The van der Waals surface area contributed by atoms with E-state index in [0.29, 0.717) is 11.5 Å². The summed E-state index contributed by atoms with van der Waals surface area (Å²) in [5.41, 5.74) is 0. The van der Waals surface area contributed by atoms with Crippen LogP contribution in [0, 0.1) is 5.92 Å². The first kappa shape index (κ1) is 13.5. The second-order valence-corrected chi connectivity index (χ2v) is 5.10. The number of carbonyl (C=O) groups is 1. The first-order valence-corrected chi connectivity index (χ1v) is 6.95. The Bertz CT molecular complexity index is 620. The van der Waals surface area contributed by atoms with Gasteiger partial charge in [-0.2, -0.15) is 0 Å². The molecule has 2 aromatic rings. The zero-order chi connectivity index (χ0) is 14.7. The molecule has 0 radical (unpaired) electrons. The summed E-state index contributed by atoms with van der Waals surface area (Å²) in [6.45, 7) is 0. The Hall–Kier alpha value is -2.49. The smallest absolute Gasteiger partial charge is 0.345 e. The predicted octanol–water partition coefficient (Wildman–Crippen LogP) is 3.72. The lowest BCUT2D eigenvalue weighted by molar-refractivity contribution is -0.146. The van der Waals surface area contributed by atoms with Crippen LogP contribution >= 0.6 is 0 Å². The van der Waals surface area contributed by atoms with Crippen molar-refractivity contribution in [2.75, 3.05) is 0 Å². The Labute approximate surface area is 122 Å². The van der Waals surface area contributed by atoms with Crippen LogP contribution in [-0.2, 0) is 4.79 Å². The third-order valence-electron chi connectivity index (χ3n) is 3.34. The van der Waals surface area contributed by atoms with E-state index in [-0.39, 0.29) is 5.92 Å². The standard InChI is InChI=1S/C17H16O4/c18-17(19)16(12-9-10-12)21-15-8-4-7-14(11-15)20-13-5-2-1-3-6-13/h1-8,11-12,16H,9-10H2,(H,18,19). The Balaban J connectivity index is 1.72. The lowest BCUT2D eigenvalue weighted by atomic mass is 10.2. The molecule has 3 rings (SSSR count). The van der Waals surface area contributed by atoms with Gasteiger partial charge in [0.2, 0.25) is 0 Å². The van der Waals surface area contributed by atoms with E-state index in [1.54, 1.807) is 18.2 Å². The van der Waals surface area contributed by atoms with E-state index < -0.39 is 12.1 Å². The van der Waals surface area contributed by atoms with Crippen molar-refractivity contribution in [1.29, 1.82) is 0 Å². The van der Waals surface area contributed by atoms with Crippen LogP contribution < -0.4 is 9.47 Å². The van der Waals surface area contributed by atoms with Crippen molar-refractivity contribution < 1.29 is 19.4 Å². The normalized spacial score (nSPS) is 15.2. The zero-order valence-corrected chi connectivity index (χ0v) is 11.4. The minimum absolute atomic E-state index is 0.126. The van der Waals surface area contributed by atoms with Crippen molar-refractivity contribution in [3.8, 4) is 17.2 Å². The third kappa shape index (κ3) is 3.54. The van der Waals surface area contributed by atoms with Crippen LogP contribution in [0.1, 0.15) is 12.8 Å². The predicted molar refractivity (Wildman–Crippen MR) is 77.7 cm³/mol. The average Bonchev–Trinajstić information content (AvgIpc) is 3.30. The minimum atomic E-state index is -0.910. The SMILES string of the molecule is O=C(O)C(Oc1cccc(Oc2ccccc2)c1)C1CC1. The summed E-state index contributed by atoms with van der Waals surface area (Å²) in [6, 6.07) is 16.5. The van der Waals surface area contributed by atoms with Gasteiger partial charge >= 0.3 is 5.97 Å². The Morgan fingerprint density at radius 2 is 1.67 bits per heavy atom. The maximum absolute atomic E-state index is 11.2. The minimum Gasteiger partial charge on any atom is -0.478 e. The fourth-order valence-electron chi connectivity index (χ4n) is 2.13. The van der Waals surface area contributed by atoms with Crippen LogP contribution in [0.5, 0.6) is 17.2 Å². The third-order valence-corrected chi connectivity index (χ3v) is 3.34. The van der Waals surface area contributed by atoms with Crippen molar-refractivity contribution in [3.63, 3.8) is 0 Å². The molecular weight excluding hydrogens is 268 g/mol. The molecular formula is C17H16O4. The highest BCUT2D eigenvalue weighted by Crippen LogP contribution is 2.35. The molecule has 1 aliphatic carbocycles. The Morgan fingerprint density at radius 3 is 2.33 bits per heavy atom. The zero-order valence-electron chi connectivity index (χ0n) is 11.4. The van der Waals surface area contributed by atoms with Crippen LogP contribution in [0.25, 0.3) is 0 Å². The molecule has 4 heteroatoms. The van der Waals surface area contributed by atoms with Crippen LogP contribution in [0.4, 0.5) is 0 Å². The number of para-hydroxylation sites is 1. The highest BCUT2D eigenvalue weighted by Gasteiger charge is 2.38. The number of hydrogen-bond acceptors (Lipinski definition) is 3. The molecule has 1 N–H and O–H groups in total. The van der Waals surface area contributed by atoms with Crippen molar-refractivity contribution in [3.05, 3.63) is 54.6 Å². The summed E-state index contributed by atoms with van der Waals surface area (Å²) in [6.07, 6.45) is 1.06. The van der Waals surface area contributed by atoms with Gasteiger partial charge in [0.1, 0.15) is 17.2 Å². The number of hydrogen-bond donors (Lipinski definition) is 1. The molecule has 0 heterocycles. The van der Waals surface area contributed by atoms with E-state index in [1.807, 2.05) is 36.4 Å². The van der Waals surface area contributed by atoms with Crippen molar-refractivity contribution in [2.24, 2.45) is 5.92 Å². The Morgan fingerprint density at radius 1 is 1.00 bits per heavy atom. The molecule has 1 fully saturated rings. The molecule has 2 aromatic carbocycles. The van der Waals surface area contributed by atoms with E-state index >= 15 is 0 Å². The lowest BCUT2D eigenvalue weighted by Crippen LogP contribution is -2.29. The van der Waals surface area contributed by atoms with Crippen LogP contribution in [0.2, 0.25) is 0 Å². The molecule has 1 atom stereocenters. The fraction of sp³-hybridized carbons (Fsp3) is 0.235. The molecule has 4 nitrogen and oxygen atoms in total. The highest BCUT2D eigenvalue weighted by atomic mass is 16.5. The number of rotatable bonds is 6. The summed E-state index contributed by atoms with van der Waals surface area (Å²) in [4.78, 5) is 11.2. The number of carboxylic acids is 1. The van der Waals surface area contributed by atoms with Gasteiger partial charge in [0.25, 0.3) is 0 Å². The molecule has 0 spiro atoms. The monoisotopic (exact) mass is 284 g/mol. The topological polar surface area (TPSA) is 55.8 Å². The van der Waals surface area contributed by atoms with E-state index in [4.69, 9.17) is 9.47 Å². The quantitative estimate of drug-likeness (QED) is 0.878.